The molecule has 7 heteroatoms. The number of benzene rings is 1. The van der Waals surface area contributed by atoms with E-state index >= 15 is 0 Å². The fraction of sp³-hybridized carbons (Fsp3) is 0.389. The first-order valence-electron chi connectivity index (χ1n) is 8.40. The van der Waals surface area contributed by atoms with Gasteiger partial charge in [-0.15, -0.1) is 0 Å². The van der Waals surface area contributed by atoms with Crippen molar-refractivity contribution in [2.75, 3.05) is 4.90 Å². The molecule has 25 heavy (non-hydrogen) atoms. The van der Waals surface area contributed by atoms with Crippen molar-refractivity contribution in [2.24, 2.45) is 11.8 Å². The normalized spacial score (nSPS) is 23.2. The maximum absolute atomic E-state index is 12.6. The van der Waals surface area contributed by atoms with Gasteiger partial charge in [-0.05, 0) is 25.0 Å². The second-order valence-corrected chi connectivity index (χ2v) is 7.40. The summed E-state index contributed by atoms with van der Waals surface area (Å²) in [6.45, 7) is 0.377. The van der Waals surface area contributed by atoms with Crippen LogP contribution in [0.3, 0.4) is 0 Å². The van der Waals surface area contributed by atoms with E-state index in [0.29, 0.717) is 22.4 Å². The molecule has 1 saturated heterocycles. The molecule has 1 aromatic heterocycles. The molecule has 2 fully saturated rings. The zero-order valence-corrected chi connectivity index (χ0v) is 15.0. The van der Waals surface area contributed by atoms with Crippen LogP contribution in [0.5, 0.6) is 0 Å². The molecule has 0 bridgehead atoms. The van der Waals surface area contributed by atoms with Gasteiger partial charge in [-0.3, -0.25) is 14.3 Å². The molecule has 4 rings (SSSR count). The van der Waals surface area contributed by atoms with Gasteiger partial charge >= 0.3 is 0 Å². The van der Waals surface area contributed by atoms with Crippen molar-refractivity contribution in [1.82, 2.24) is 9.78 Å². The molecule has 0 unspecified atom stereocenters. The number of nitrogens with zero attached hydrogens (tertiary/aromatic N) is 3. The predicted molar refractivity (Wildman–Crippen MR) is 95.7 cm³/mol. The van der Waals surface area contributed by atoms with Crippen LogP contribution in [0.1, 0.15) is 31.2 Å². The molecular formula is C18H17Cl2N3O2. The Labute approximate surface area is 155 Å². The van der Waals surface area contributed by atoms with Crippen molar-refractivity contribution in [3.8, 4) is 0 Å². The highest BCUT2D eigenvalue weighted by atomic mass is 35.5. The summed E-state index contributed by atoms with van der Waals surface area (Å²) in [5.41, 5.74) is 0.758. The van der Waals surface area contributed by atoms with E-state index in [2.05, 4.69) is 5.10 Å². The number of carbonyl (C=O) groups excluding carboxylic acids is 2. The van der Waals surface area contributed by atoms with Gasteiger partial charge in [0.1, 0.15) is 0 Å². The number of anilines is 1. The standard InChI is InChI=1S/C18H17Cl2N3O2/c19-14-6-3-7-15(20)13(14)10-22-9-8-16(21-22)23-17(24)11-4-1-2-5-12(11)18(23)25/h3,6-9,11-12H,1-2,4-5,10H2/t11-,12-/m1/s1. The highest BCUT2D eigenvalue weighted by Crippen LogP contribution is 2.39. The molecule has 2 amide bonds. The fourth-order valence-electron chi connectivity index (χ4n) is 3.79. The number of imide groups is 1. The topological polar surface area (TPSA) is 55.2 Å². The highest BCUT2D eigenvalue weighted by molar-refractivity contribution is 6.36. The first kappa shape index (κ1) is 16.6. The Hall–Kier alpha value is -1.85. The van der Waals surface area contributed by atoms with Gasteiger partial charge in [-0.2, -0.15) is 5.10 Å². The lowest BCUT2D eigenvalue weighted by Crippen LogP contribution is -2.31. The van der Waals surface area contributed by atoms with E-state index in [1.165, 1.54) is 4.90 Å². The van der Waals surface area contributed by atoms with Gasteiger partial charge in [-0.25, -0.2) is 4.90 Å². The Morgan fingerprint density at radius 1 is 1.00 bits per heavy atom. The van der Waals surface area contributed by atoms with E-state index in [4.69, 9.17) is 23.2 Å². The smallest absolute Gasteiger partial charge is 0.238 e. The number of rotatable bonds is 3. The third kappa shape index (κ3) is 2.85. The summed E-state index contributed by atoms with van der Waals surface area (Å²) < 4.78 is 1.64. The summed E-state index contributed by atoms with van der Waals surface area (Å²) in [6, 6.07) is 7.01. The van der Waals surface area contributed by atoms with Crippen LogP contribution in [0.4, 0.5) is 5.82 Å². The average molecular weight is 378 g/mol. The minimum Gasteiger partial charge on any atom is -0.274 e. The number of carbonyl (C=O) groups is 2. The molecule has 2 aliphatic rings. The monoisotopic (exact) mass is 377 g/mol. The van der Waals surface area contributed by atoms with Crippen molar-refractivity contribution in [1.29, 1.82) is 0 Å². The number of hydrogen-bond acceptors (Lipinski definition) is 3. The quantitative estimate of drug-likeness (QED) is 0.761. The Kier molecular flexibility index (Phi) is 4.29. The lowest BCUT2D eigenvalue weighted by Gasteiger charge is -2.19. The molecule has 1 aliphatic heterocycles. The average Bonchev–Trinajstić information content (AvgIpc) is 3.15. The van der Waals surface area contributed by atoms with Gasteiger partial charge in [0, 0.05) is 27.9 Å². The minimum atomic E-state index is -0.176. The second-order valence-electron chi connectivity index (χ2n) is 6.58. The van der Waals surface area contributed by atoms with Gasteiger partial charge in [0.2, 0.25) is 11.8 Å². The lowest BCUT2D eigenvalue weighted by molar-refractivity contribution is -0.122. The van der Waals surface area contributed by atoms with Crippen LogP contribution in [0, 0.1) is 11.8 Å². The summed E-state index contributed by atoms with van der Waals surface area (Å²) in [7, 11) is 0. The third-order valence-electron chi connectivity index (χ3n) is 5.08. The van der Waals surface area contributed by atoms with Crippen LogP contribution >= 0.6 is 23.2 Å². The number of fused-ring (bicyclic) bond motifs is 1. The molecule has 1 aliphatic carbocycles. The van der Waals surface area contributed by atoms with Crippen LogP contribution in [0.2, 0.25) is 10.0 Å². The van der Waals surface area contributed by atoms with E-state index < -0.39 is 0 Å². The lowest BCUT2D eigenvalue weighted by atomic mass is 9.81. The predicted octanol–water partition coefficient (Wildman–Crippen LogP) is 3.92. The maximum atomic E-state index is 12.6. The summed E-state index contributed by atoms with van der Waals surface area (Å²) in [5.74, 6) is -0.201. The zero-order chi connectivity index (χ0) is 17.6. The number of amides is 2. The van der Waals surface area contributed by atoms with Crippen molar-refractivity contribution in [3.05, 3.63) is 46.1 Å². The molecule has 0 radical (unpaired) electrons. The molecule has 130 valence electrons. The molecule has 0 spiro atoms. The number of hydrogen-bond donors (Lipinski definition) is 0. The van der Waals surface area contributed by atoms with Crippen LogP contribution in [0.25, 0.3) is 0 Å². The van der Waals surface area contributed by atoms with E-state index in [-0.39, 0.29) is 23.7 Å². The first-order valence-corrected chi connectivity index (χ1v) is 9.16. The van der Waals surface area contributed by atoms with Gasteiger partial charge in [-0.1, -0.05) is 42.1 Å². The van der Waals surface area contributed by atoms with Crippen LogP contribution in [-0.2, 0) is 16.1 Å². The molecule has 1 aromatic carbocycles. The van der Waals surface area contributed by atoms with E-state index in [0.717, 1.165) is 31.2 Å². The van der Waals surface area contributed by atoms with Crippen molar-refractivity contribution < 1.29 is 9.59 Å². The summed E-state index contributed by atoms with van der Waals surface area (Å²) >= 11 is 12.4. The van der Waals surface area contributed by atoms with Crippen molar-refractivity contribution in [2.45, 2.75) is 32.2 Å². The Balaban J connectivity index is 1.59. The second kappa shape index (κ2) is 6.46. The molecule has 0 N–H and O–H groups in total. The minimum absolute atomic E-state index is 0.115. The van der Waals surface area contributed by atoms with Gasteiger partial charge < -0.3 is 0 Å². The van der Waals surface area contributed by atoms with Crippen molar-refractivity contribution >= 4 is 40.8 Å². The highest BCUT2D eigenvalue weighted by Gasteiger charge is 2.49. The zero-order valence-electron chi connectivity index (χ0n) is 13.5. The Morgan fingerprint density at radius 2 is 1.60 bits per heavy atom. The maximum Gasteiger partial charge on any atom is 0.238 e. The molecular weight excluding hydrogens is 361 g/mol. The van der Waals surface area contributed by atoms with Gasteiger partial charge in [0.15, 0.2) is 5.82 Å². The number of halogens is 2. The van der Waals surface area contributed by atoms with Crippen LogP contribution in [0.15, 0.2) is 30.5 Å². The number of aromatic nitrogens is 2. The largest absolute Gasteiger partial charge is 0.274 e. The van der Waals surface area contributed by atoms with E-state index in [1.807, 2.05) is 0 Å². The third-order valence-corrected chi connectivity index (χ3v) is 5.79. The summed E-state index contributed by atoms with van der Waals surface area (Å²) in [4.78, 5) is 26.5. The SMILES string of the molecule is O=C1[C@@H]2CCCC[C@H]2C(=O)N1c1ccn(Cc2c(Cl)cccc2Cl)n1. The van der Waals surface area contributed by atoms with E-state index in [1.54, 1.807) is 35.1 Å². The van der Waals surface area contributed by atoms with Crippen LogP contribution < -0.4 is 4.90 Å². The van der Waals surface area contributed by atoms with Crippen LogP contribution in [-0.4, -0.2) is 21.6 Å². The molecule has 2 atom stereocenters. The van der Waals surface area contributed by atoms with Gasteiger partial charge in [0.05, 0.1) is 18.4 Å². The fourth-order valence-corrected chi connectivity index (χ4v) is 4.31. The Morgan fingerprint density at radius 3 is 2.20 bits per heavy atom. The molecule has 5 nitrogen and oxygen atoms in total. The summed E-state index contributed by atoms with van der Waals surface area (Å²) in [6.07, 6.45) is 5.34. The van der Waals surface area contributed by atoms with Gasteiger partial charge in [0.25, 0.3) is 0 Å². The van der Waals surface area contributed by atoms with E-state index in [9.17, 15) is 9.59 Å². The molecule has 1 saturated carbocycles. The Bertz CT molecular complexity index is 804. The molecule has 2 aromatic rings. The molecule has 2 heterocycles. The first-order chi connectivity index (χ1) is 12.1. The summed E-state index contributed by atoms with van der Waals surface area (Å²) in [5, 5.41) is 5.53. The van der Waals surface area contributed by atoms with Crippen molar-refractivity contribution in [3.63, 3.8) is 0 Å².